The Morgan fingerprint density at radius 3 is 2.80 bits per heavy atom. The molecule has 2 fully saturated rings. The first-order valence-corrected chi connectivity index (χ1v) is 8.25. The van der Waals surface area contributed by atoms with Crippen molar-refractivity contribution in [3.63, 3.8) is 0 Å². The van der Waals surface area contributed by atoms with Crippen molar-refractivity contribution in [2.45, 2.75) is 59.3 Å². The minimum Gasteiger partial charge on any atom is -0.299 e. The Kier molecular flexibility index (Phi) is 3.23. The minimum atomic E-state index is 0.263. The molecule has 0 heterocycles. The molecule has 1 heteroatoms. The van der Waals surface area contributed by atoms with E-state index in [9.17, 15) is 4.79 Å². The number of fused-ring (bicyclic) bond motifs is 3. The van der Waals surface area contributed by atoms with Crippen molar-refractivity contribution in [3.05, 3.63) is 24.3 Å². The van der Waals surface area contributed by atoms with E-state index in [-0.39, 0.29) is 5.92 Å². The number of allylic oxidation sites excluding steroid dienone is 3. The Balaban J connectivity index is 1.93. The molecule has 0 aromatic rings. The van der Waals surface area contributed by atoms with E-state index in [4.69, 9.17) is 0 Å². The molecule has 0 N–H and O–H groups in total. The summed E-state index contributed by atoms with van der Waals surface area (Å²) in [5, 5.41) is 0. The van der Waals surface area contributed by atoms with Crippen molar-refractivity contribution in [1.29, 1.82) is 0 Å². The van der Waals surface area contributed by atoms with E-state index in [0.717, 1.165) is 19.3 Å². The van der Waals surface area contributed by atoms with Gasteiger partial charge in [-0.15, -0.1) is 6.58 Å². The fourth-order valence-electron chi connectivity index (χ4n) is 5.26. The van der Waals surface area contributed by atoms with Crippen molar-refractivity contribution in [3.8, 4) is 0 Å². The minimum absolute atomic E-state index is 0.263. The summed E-state index contributed by atoms with van der Waals surface area (Å²) in [4.78, 5) is 12.1. The molecule has 3 aliphatic rings. The van der Waals surface area contributed by atoms with Crippen LogP contribution in [-0.2, 0) is 4.79 Å². The number of Topliss-reactive ketones (excluding diaryl/α,β-unsaturated/α-hetero) is 1. The largest absolute Gasteiger partial charge is 0.299 e. The number of hydrogen-bond acceptors (Lipinski definition) is 1. The number of ketones is 1. The standard InChI is InChI=1S/C19H28O/c1-5-18(3)10-8-16-14(12-18)6-7-15-13(2)17(20)9-11-19(15,16)4/h5-6,13,15-16H,1,7-12H2,2-4H3/t13-,15-,16-,18-,19-/m0/s1. The van der Waals surface area contributed by atoms with Gasteiger partial charge in [0.2, 0.25) is 0 Å². The summed E-state index contributed by atoms with van der Waals surface area (Å²) in [6.07, 6.45) is 11.4. The van der Waals surface area contributed by atoms with E-state index in [1.807, 2.05) is 0 Å². The van der Waals surface area contributed by atoms with Gasteiger partial charge in [-0.25, -0.2) is 0 Å². The zero-order chi connectivity index (χ0) is 14.5. The molecular weight excluding hydrogens is 244 g/mol. The second-order valence-electron chi connectivity index (χ2n) is 8.01. The predicted octanol–water partition coefficient (Wildman–Crippen LogP) is 4.93. The summed E-state index contributed by atoms with van der Waals surface area (Å²) in [7, 11) is 0. The van der Waals surface area contributed by atoms with Crippen molar-refractivity contribution >= 4 is 5.78 Å². The third kappa shape index (κ3) is 1.93. The second-order valence-corrected chi connectivity index (χ2v) is 8.01. The Morgan fingerprint density at radius 1 is 1.35 bits per heavy atom. The van der Waals surface area contributed by atoms with E-state index in [0.29, 0.717) is 28.4 Å². The van der Waals surface area contributed by atoms with Crippen LogP contribution in [-0.4, -0.2) is 5.78 Å². The number of carbonyl (C=O) groups is 1. The SMILES string of the molecule is C=C[C@@]1(C)CC[C@H]2C(=CC[C@H]3[C@H](C)C(=O)CC[C@]23C)C1. The van der Waals surface area contributed by atoms with Crippen LogP contribution < -0.4 is 0 Å². The van der Waals surface area contributed by atoms with Crippen molar-refractivity contribution in [2.24, 2.45) is 28.6 Å². The highest BCUT2D eigenvalue weighted by atomic mass is 16.1. The summed E-state index contributed by atoms with van der Waals surface area (Å²) < 4.78 is 0. The molecule has 0 saturated heterocycles. The molecule has 0 spiro atoms. The summed E-state index contributed by atoms with van der Waals surface area (Å²) >= 11 is 0. The summed E-state index contributed by atoms with van der Waals surface area (Å²) in [6.45, 7) is 11.0. The van der Waals surface area contributed by atoms with Crippen LogP contribution in [0, 0.1) is 28.6 Å². The molecule has 1 nitrogen and oxygen atoms in total. The van der Waals surface area contributed by atoms with E-state index < -0.39 is 0 Å². The molecule has 0 unspecified atom stereocenters. The third-order valence-electron chi connectivity index (χ3n) is 6.85. The molecule has 3 aliphatic carbocycles. The number of hydrogen-bond donors (Lipinski definition) is 0. The van der Waals surface area contributed by atoms with Crippen LogP contribution >= 0.6 is 0 Å². The van der Waals surface area contributed by atoms with Crippen molar-refractivity contribution in [1.82, 2.24) is 0 Å². The monoisotopic (exact) mass is 272 g/mol. The Labute approximate surface area is 123 Å². The molecule has 0 bridgehead atoms. The van der Waals surface area contributed by atoms with E-state index in [2.05, 4.69) is 39.5 Å². The van der Waals surface area contributed by atoms with Crippen LogP contribution in [0.5, 0.6) is 0 Å². The zero-order valence-electron chi connectivity index (χ0n) is 13.2. The maximum absolute atomic E-state index is 12.1. The Hall–Kier alpha value is -0.850. The first-order chi connectivity index (χ1) is 9.39. The molecular formula is C19H28O. The second kappa shape index (κ2) is 4.58. The fraction of sp³-hybridized carbons (Fsp3) is 0.737. The van der Waals surface area contributed by atoms with Gasteiger partial charge in [0.25, 0.3) is 0 Å². The summed E-state index contributed by atoms with van der Waals surface area (Å²) in [5.74, 6) is 2.05. The van der Waals surface area contributed by atoms with Gasteiger partial charge in [0.15, 0.2) is 0 Å². The molecule has 0 aromatic heterocycles. The average Bonchev–Trinajstić information content (AvgIpc) is 2.43. The predicted molar refractivity (Wildman–Crippen MR) is 83.3 cm³/mol. The Bertz CT molecular complexity index is 474. The quantitative estimate of drug-likeness (QED) is 0.618. The molecule has 5 atom stereocenters. The van der Waals surface area contributed by atoms with Crippen molar-refractivity contribution < 1.29 is 4.79 Å². The van der Waals surface area contributed by atoms with Gasteiger partial charge in [-0.3, -0.25) is 4.79 Å². The topological polar surface area (TPSA) is 17.1 Å². The van der Waals surface area contributed by atoms with Gasteiger partial charge in [0.1, 0.15) is 5.78 Å². The van der Waals surface area contributed by atoms with Crippen LogP contribution in [0.3, 0.4) is 0 Å². The van der Waals surface area contributed by atoms with Crippen LogP contribution in [0.1, 0.15) is 59.3 Å². The van der Waals surface area contributed by atoms with Crippen LogP contribution in [0.15, 0.2) is 24.3 Å². The van der Waals surface area contributed by atoms with Crippen LogP contribution in [0.2, 0.25) is 0 Å². The summed E-state index contributed by atoms with van der Waals surface area (Å²) in [6, 6.07) is 0. The maximum atomic E-state index is 12.1. The Morgan fingerprint density at radius 2 is 2.10 bits per heavy atom. The van der Waals surface area contributed by atoms with Gasteiger partial charge in [-0.05, 0) is 54.8 Å². The molecule has 3 rings (SSSR count). The number of rotatable bonds is 1. The van der Waals surface area contributed by atoms with E-state index in [1.54, 1.807) is 5.57 Å². The maximum Gasteiger partial charge on any atom is 0.136 e. The lowest BCUT2D eigenvalue weighted by Crippen LogP contribution is -2.49. The van der Waals surface area contributed by atoms with Gasteiger partial charge in [0, 0.05) is 12.3 Å². The normalized spacial score (nSPS) is 48.0. The average molecular weight is 272 g/mol. The van der Waals surface area contributed by atoms with E-state index in [1.165, 1.54) is 19.3 Å². The number of carbonyl (C=O) groups excluding carboxylic acids is 1. The molecule has 0 aromatic carbocycles. The van der Waals surface area contributed by atoms with Gasteiger partial charge < -0.3 is 0 Å². The van der Waals surface area contributed by atoms with Crippen molar-refractivity contribution in [2.75, 3.05) is 0 Å². The van der Waals surface area contributed by atoms with Crippen LogP contribution in [0.4, 0.5) is 0 Å². The molecule has 2 saturated carbocycles. The van der Waals surface area contributed by atoms with Crippen LogP contribution in [0.25, 0.3) is 0 Å². The molecule has 0 aliphatic heterocycles. The molecule has 0 radical (unpaired) electrons. The lowest BCUT2D eigenvalue weighted by molar-refractivity contribution is -0.133. The third-order valence-corrected chi connectivity index (χ3v) is 6.85. The lowest BCUT2D eigenvalue weighted by atomic mass is 9.49. The zero-order valence-corrected chi connectivity index (χ0v) is 13.2. The van der Waals surface area contributed by atoms with E-state index >= 15 is 0 Å². The molecule has 0 amide bonds. The van der Waals surface area contributed by atoms with Gasteiger partial charge in [-0.2, -0.15) is 0 Å². The highest BCUT2D eigenvalue weighted by molar-refractivity contribution is 5.82. The van der Waals surface area contributed by atoms with Gasteiger partial charge in [-0.1, -0.05) is 38.5 Å². The highest BCUT2D eigenvalue weighted by Crippen LogP contribution is 2.60. The lowest BCUT2D eigenvalue weighted by Gasteiger charge is -2.55. The smallest absolute Gasteiger partial charge is 0.136 e. The van der Waals surface area contributed by atoms with Gasteiger partial charge >= 0.3 is 0 Å². The first-order valence-electron chi connectivity index (χ1n) is 8.25. The first kappa shape index (κ1) is 14.1. The highest BCUT2D eigenvalue weighted by Gasteiger charge is 2.52. The molecule has 20 heavy (non-hydrogen) atoms. The summed E-state index contributed by atoms with van der Waals surface area (Å²) in [5.41, 5.74) is 2.32. The molecule has 110 valence electrons. The fourth-order valence-corrected chi connectivity index (χ4v) is 5.26. The van der Waals surface area contributed by atoms with Gasteiger partial charge in [0.05, 0.1) is 0 Å².